The molecule has 0 spiro atoms. The van der Waals surface area contributed by atoms with Gasteiger partial charge in [-0.3, -0.25) is 0 Å². The molecule has 0 atom stereocenters. The van der Waals surface area contributed by atoms with Crippen LogP contribution in [0.2, 0.25) is 0 Å². The molecule has 1 aromatic carbocycles. The quantitative estimate of drug-likeness (QED) is 0.492. The van der Waals surface area contributed by atoms with Crippen molar-refractivity contribution in [3.8, 4) is 11.4 Å². The van der Waals surface area contributed by atoms with Crippen molar-refractivity contribution < 1.29 is 4.84 Å². The van der Waals surface area contributed by atoms with E-state index in [2.05, 4.69) is 43.8 Å². The smallest absolute Gasteiger partial charge is 0.227 e. The van der Waals surface area contributed by atoms with Crippen LogP contribution in [0, 0.1) is 0 Å². The van der Waals surface area contributed by atoms with E-state index in [0.29, 0.717) is 11.8 Å². The summed E-state index contributed by atoms with van der Waals surface area (Å²) in [5, 5.41) is 7.31. The first kappa shape index (κ1) is 19.5. The monoisotopic (exact) mass is 378 g/mol. The maximum Gasteiger partial charge on any atom is 0.227 e. The Morgan fingerprint density at radius 1 is 1.11 bits per heavy atom. The minimum atomic E-state index is -0.348. The summed E-state index contributed by atoms with van der Waals surface area (Å²) in [7, 11) is 0. The maximum atomic E-state index is 5.45. The Kier molecular flexibility index (Phi) is 5.73. The fraction of sp³-hybridized carbons (Fsp3) is 0.333. The van der Waals surface area contributed by atoms with Crippen LogP contribution in [0.4, 0.5) is 11.6 Å². The van der Waals surface area contributed by atoms with Gasteiger partial charge in [0.1, 0.15) is 11.8 Å². The maximum absolute atomic E-state index is 5.45. The molecule has 0 radical (unpaired) electrons. The molecule has 0 aliphatic rings. The van der Waals surface area contributed by atoms with Gasteiger partial charge in [0.05, 0.1) is 17.6 Å². The van der Waals surface area contributed by atoms with E-state index >= 15 is 0 Å². The van der Waals surface area contributed by atoms with Gasteiger partial charge in [0, 0.05) is 17.9 Å². The molecular formula is C21H26N6O. The zero-order valence-electron chi connectivity index (χ0n) is 16.9. The molecule has 0 saturated carbocycles. The third kappa shape index (κ3) is 4.94. The molecule has 0 saturated heterocycles. The molecule has 28 heavy (non-hydrogen) atoms. The van der Waals surface area contributed by atoms with Crippen molar-refractivity contribution in [2.75, 3.05) is 5.32 Å². The van der Waals surface area contributed by atoms with Gasteiger partial charge >= 0.3 is 0 Å². The predicted octanol–water partition coefficient (Wildman–Crippen LogP) is 4.81. The van der Waals surface area contributed by atoms with Gasteiger partial charge in [-0.05, 0) is 52.8 Å². The summed E-state index contributed by atoms with van der Waals surface area (Å²) in [5.41, 5.74) is 2.26. The molecule has 7 nitrogen and oxygen atoms in total. The van der Waals surface area contributed by atoms with Crippen LogP contribution in [-0.4, -0.2) is 31.3 Å². The molecule has 0 amide bonds. The zero-order chi connectivity index (χ0) is 20.1. The van der Waals surface area contributed by atoms with Crippen LogP contribution < -0.4 is 5.32 Å². The van der Waals surface area contributed by atoms with E-state index in [-0.39, 0.29) is 11.6 Å². The molecule has 1 N–H and O–H groups in total. The summed E-state index contributed by atoms with van der Waals surface area (Å²) in [6, 6.07) is 11.9. The third-order valence-corrected chi connectivity index (χ3v) is 3.78. The number of nitrogens with one attached hydrogen (secondary N) is 1. The Labute approximate surface area is 165 Å². The second-order valence-electron chi connectivity index (χ2n) is 7.66. The van der Waals surface area contributed by atoms with Crippen molar-refractivity contribution in [2.45, 2.75) is 46.3 Å². The van der Waals surface area contributed by atoms with Crippen molar-refractivity contribution in [3.63, 3.8) is 0 Å². The number of oxime groups is 1. The lowest BCUT2D eigenvalue weighted by Crippen LogP contribution is -2.16. The van der Waals surface area contributed by atoms with Crippen LogP contribution in [-0.2, 0) is 4.84 Å². The molecule has 0 unspecified atom stereocenters. The molecule has 0 aliphatic heterocycles. The standard InChI is InChI=1S/C21H26N6O/c1-15(2)27-18(13-23-19(27)14-24-28-21(3,4)5)17-11-12-22-20(26-17)25-16-9-7-6-8-10-16/h6-15H,1-5H3,(H,22,25,26)/b24-14+. The number of hydrogen-bond acceptors (Lipinski definition) is 6. The van der Waals surface area contributed by atoms with E-state index in [1.807, 2.05) is 57.2 Å². The molecule has 0 fully saturated rings. The van der Waals surface area contributed by atoms with Crippen LogP contribution in [0.5, 0.6) is 0 Å². The highest BCUT2D eigenvalue weighted by Gasteiger charge is 2.16. The first-order valence-corrected chi connectivity index (χ1v) is 9.28. The SMILES string of the molecule is CC(C)n1c(-c2ccnc(Nc3ccccc3)n2)cnc1/C=N/OC(C)(C)C. The van der Waals surface area contributed by atoms with E-state index in [1.165, 1.54) is 0 Å². The summed E-state index contributed by atoms with van der Waals surface area (Å²) in [6.45, 7) is 10.0. The zero-order valence-corrected chi connectivity index (χ0v) is 16.9. The van der Waals surface area contributed by atoms with E-state index in [1.54, 1.807) is 18.6 Å². The summed E-state index contributed by atoms with van der Waals surface area (Å²) in [6.07, 6.45) is 5.17. The van der Waals surface area contributed by atoms with E-state index in [9.17, 15) is 0 Å². The molecule has 0 bridgehead atoms. The largest absolute Gasteiger partial charge is 0.390 e. The van der Waals surface area contributed by atoms with Crippen LogP contribution >= 0.6 is 0 Å². The number of hydrogen-bond donors (Lipinski definition) is 1. The molecule has 3 rings (SSSR count). The lowest BCUT2D eigenvalue weighted by molar-refractivity contribution is 0.00190. The van der Waals surface area contributed by atoms with Crippen LogP contribution in [0.1, 0.15) is 46.5 Å². The second-order valence-corrected chi connectivity index (χ2v) is 7.66. The molecule has 7 heteroatoms. The normalized spacial score (nSPS) is 11.9. The fourth-order valence-electron chi connectivity index (χ4n) is 2.65. The molecule has 2 aromatic heterocycles. The van der Waals surface area contributed by atoms with Gasteiger partial charge in [-0.15, -0.1) is 0 Å². The summed E-state index contributed by atoms with van der Waals surface area (Å²) < 4.78 is 2.07. The predicted molar refractivity (Wildman–Crippen MR) is 112 cm³/mol. The summed E-state index contributed by atoms with van der Waals surface area (Å²) in [5.74, 6) is 1.25. The Hall–Kier alpha value is -3.22. The van der Waals surface area contributed by atoms with Crippen molar-refractivity contribution in [1.82, 2.24) is 19.5 Å². The van der Waals surface area contributed by atoms with Gasteiger partial charge in [0.15, 0.2) is 5.82 Å². The van der Waals surface area contributed by atoms with E-state index in [0.717, 1.165) is 17.1 Å². The second kappa shape index (κ2) is 8.21. The Morgan fingerprint density at radius 2 is 1.86 bits per heavy atom. The van der Waals surface area contributed by atoms with Crippen molar-refractivity contribution in [3.05, 3.63) is 54.6 Å². The van der Waals surface area contributed by atoms with E-state index in [4.69, 9.17) is 4.84 Å². The number of nitrogens with zero attached hydrogens (tertiary/aromatic N) is 5. The number of imidazole rings is 1. The van der Waals surface area contributed by atoms with Crippen LogP contribution in [0.3, 0.4) is 0 Å². The Bertz CT molecular complexity index is 941. The molecule has 3 aromatic rings. The molecule has 0 aliphatic carbocycles. The average molecular weight is 378 g/mol. The average Bonchev–Trinajstić information content (AvgIpc) is 3.06. The van der Waals surface area contributed by atoms with E-state index < -0.39 is 0 Å². The number of benzene rings is 1. The van der Waals surface area contributed by atoms with Gasteiger partial charge in [-0.2, -0.15) is 0 Å². The first-order chi connectivity index (χ1) is 13.3. The highest BCUT2D eigenvalue weighted by molar-refractivity contribution is 5.76. The summed E-state index contributed by atoms with van der Waals surface area (Å²) in [4.78, 5) is 18.9. The minimum Gasteiger partial charge on any atom is -0.390 e. The number of rotatable bonds is 6. The topological polar surface area (TPSA) is 77.2 Å². The summed E-state index contributed by atoms with van der Waals surface area (Å²) >= 11 is 0. The fourth-order valence-corrected chi connectivity index (χ4v) is 2.65. The highest BCUT2D eigenvalue weighted by Crippen LogP contribution is 2.24. The Balaban J connectivity index is 1.90. The lowest BCUT2D eigenvalue weighted by atomic mass is 10.2. The Morgan fingerprint density at radius 3 is 2.54 bits per heavy atom. The number of para-hydroxylation sites is 1. The number of aromatic nitrogens is 4. The van der Waals surface area contributed by atoms with Gasteiger partial charge < -0.3 is 14.7 Å². The van der Waals surface area contributed by atoms with Crippen molar-refractivity contribution >= 4 is 17.9 Å². The number of anilines is 2. The van der Waals surface area contributed by atoms with Crippen LogP contribution in [0.25, 0.3) is 11.4 Å². The van der Waals surface area contributed by atoms with Gasteiger partial charge in [-0.1, -0.05) is 23.4 Å². The minimum absolute atomic E-state index is 0.175. The molecule has 2 heterocycles. The lowest BCUT2D eigenvalue weighted by Gasteiger charge is -2.16. The van der Waals surface area contributed by atoms with Crippen molar-refractivity contribution in [1.29, 1.82) is 0 Å². The molecule has 146 valence electrons. The highest BCUT2D eigenvalue weighted by atomic mass is 16.6. The third-order valence-electron chi connectivity index (χ3n) is 3.78. The van der Waals surface area contributed by atoms with Gasteiger partial charge in [0.25, 0.3) is 0 Å². The van der Waals surface area contributed by atoms with Crippen molar-refractivity contribution in [2.24, 2.45) is 5.16 Å². The first-order valence-electron chi connectivity index (χ1n) is 9.28. The van der Waals surface area contributed by atoms with Gasteiger partial charge in [-0.25, -0.2) is 15.0 Å². The van der Waals surface area contributed by atoms with Crippen LogP contribution in [0.15, 0.2) is 53.9 Å². The molecular weight excluding hydrogens is 352 g/mol. The van der Waals surface area contributed by atoms with Gasteiger partial charge in [0.2, 0.25) is 5.95 Å².